The summed E-state index contributed by atoms with van der Waals surface area (Å²) in [6.07, 6.45) is -1.54. The van der Waals surface area contributed by atoms with Gasteiger partial charge in [0.25, 0.3) is 0 Å². The largest absolute Gasteiger partial charge is 0.481 e. The molecule has 2 rings (SSSR count). The second-order valence-electron chi connectivity index (χ2n) is 4.95. The Morgan fingerprint density at radius 1 is 1.32 bits per heavy atom. The summed E-state index contributed by atoms with van der Waals surface area (Å²) >= 11 is 1.14. The molecule has 0 aliphatic heterocycles. The van der Waals surface area contributed by atoms with Crippen LogP contribution in [0.1, 0.15) is 25.0 Å². The van der Waals surface area contributed by atoms with E-state index in [0.717, 1.165) is 22.7 Å². The summed E-state index contributed by atoms with van der Waals surface area (Å²) in [6, 6.07) is 8.93. The van der Waals surface area contributed by atoms with Gasteiger partial charge in [-0.05, 0) is 30.2 Å². The fraction of sp³-hybridized carbons (Fsp3) is 0.375. The predicted octanol–water partition coefficient (Wildman–Crippen LogP) is 2.31. The normalized spacial score (nSPS) is 13.8. The van der Waals surface area contributed by atoms with Crippen LogP contribution < -0.4 is 4.74 Å². The summed E-state index contributed by atoms with van der Waals surface area (Å²) in [5.74, 6) is 1.02. The fourth-order valence-corrected chi connectivity index (χ4v) is 2.77. The number of benzene rings is 1. The van der Waals surface area contributed by atoms with E-state index in [-0.39, 0.29) is 5.12 Å². The van der Waals surface area contributed by atoms with Gasteiger partial charge in [0.05, 0.1) is 18.7 Å². The number of ether oxygens (including phenoxy) is 1. The third-order valence-electron chi connectivity index (χ3n) is 3.32. The molecule has 2 aromatic rings. The van der Waals surface area contributed by atoms with E-state index in [0.29, 0.717) is 23.6 Å². The molecule has 22 heavy (non-hydrogen) atoms. The lowest BCUT2D eigenvalue weighted by molar-refractivity contribution is -0.109. The molecule has 5 nitrogen and oxygen atoms in total. The highest BCUT2D eigenvalue weighted by Crippen LogP contribution is 2.25. The topological polar surface area (TPSA) is 79.6 Å². The molecule has 2 atom stereocenters. The maximum Gasteiger partial charge on any atom is 0.213 e. The van der Waals surface area contributed by atoms with Gasteiger partial charge in [-0.1, -0.05) is 17.8 Å². The average molecular weight is 321 g/mol. The summed E-state index contributed by atoms with van der Waals surface area (Å²) in [5.41, 5.74) is 1.39. The first-order valence-corrected chi connectivity index (χ1v) is 7.94. The van der Waals surface area contributed by atoms with Crippen molar-refractivity contribution >= 4 is 27.8 Å². The highest BCUT2D eigenvalue weighted by atomic mass is 32.2. The second-order valence-corrected chi connectivity index (χ2v) is 6.22. The molecule has 0 radical (unpaired) electrons. The number of fused-ring (bicyclic) bond motifs is 1. The van der Waals surface area contributed by atoms with Gasteiger partial charge in [-0.3, -0.25) is 4.79 Å². The Labute approximate surface area is 133 Å². The van der Waals surface area contributed by atoms with Gasteiger partial charge in [0.2, 0.25) is 5.88 Å². The SMILES string of the molecule is COc1ccc2cc(C(O)C(O)CCSC(C)=O)ccc2n1. The first-order chi connectivity index (χ1) is 10.5. The third kappa shape index (κ3) is 4.19. The van der Waals surface area contributed by atoms with Gasteiger partial charge < -0.3 is 14.9 Å². The molecule has 6 heteroatoms. The Kier molecular flexibility index (Phi) is 5.76. The molecule has 118 valence electrons. The van der Waals surface area contributed by atoms with Crippen molar-refractivity contribution in [1.82, 2.24) is 4.98 Å². The molecule has 0 fully saturated rings. The monoisotopic (exact) mass is 321 g/mol. The van der Waals surface area contributed by atoms with Crippen molar-refractivity contribution in [2.75, 3.05) is 12.9 Å². The molecular formula is C16H19NO4S. The van der Waals surface area contributed by atoms with E-state index >= 15 is 0 Å². The van der Waals surface area contributed by atoms with Crippen molar-refractivity contribution in [2.24, 2.45) is 0 Å². The smallest absolute Gasteiger partial charge is 0.213 e. The van der Waals surface area contributed by atoms with Crippen molar-refractivity contribution in [3.05, 3.63) is 35.9 Å². The van der Waals surface area contributed by atoms with Crippen LogP contribution in [-0.2, 0) is 4.79 Å². The third-order valence-corrected chi connectivity index (χ3v) is 4.17. The summed E-state index contributed by atoms with van der Waals surface area (Å²) in [7, 11) is 1.56. The van der Waals surface area contributed by atoms with Crippen LogP contribution in [0.2, 0.25) is 0 Å². The number of hydrogen-bond donors (Lipinski definition) is 2. The Morgan fingerprint density at radius 2 is 2.09 bits per heavy atom. The quantitative estimate of drug-likeness (QED) is 0.850. The van der Waals surface area contributed by atoms with E-state index in [9.17, 15) is 15.0 Å². The Hall–Kier alpha value is -1.63. The first kappa shape index (κ1) is 16.7. The number of pyridine rings is 1. The van der Waals surface area contributed by atoms with Gasteiger partial charge in [0.1, 0.15) is 6.10 Å². The number of thioether (sulfide) groups is 1. The lowest BCUT2D eigenvalue weighted by Gasteiger charge is -2.18. The highest BCUT2D eigenvalue weighted by Gasteiger charge is 2.18. The van der Waals surface area contributed by atoms with E-state index < -0.39 is 12.2 Å². The summed E-state index contributed by atoms with van der Waals surface area (Å²) in [4.78, 5) is 15.2. The number of aliphatic hydroxyl groups excluding tert-OH is 2. The van der Waals surface area contributed by atoms with Crippen LogP contribution in [0.3, 0.4) is 0 Å². The van der Waals surface area contributed by atoms with Gasteiger partial charge in [-0.2, -0.15) is 0 Å². The van der Waals surface area contributed by atoms with Gasteiger partial charge in [0.15, 0.2) is 5.12 Å². The zero-order valence-electron chi connectivity index (χ0n) is 12.5. The van der Waals surface area contributed by atoms with Crippen LogP contribution in [-0.4, -0.2) is 39.3 Å². The molecule has 0 aliphatic rings. The lowest BCUT2D eigenvalue weighted by atomic mass is 10.0. The van der Waals surface area contributed by atoms with E-state index in [2.05, 4.69) is 4.98 Å². The van der Waals surface area contributed by atoms with Crippen molar-refractivity contribution in [2.45, 2.75) is 25.6 Å². The number of aromatic nitrogens is 1. The first-order valence-electron chi connectivity index (χ1n) is 6.95. The predicted molar refractivity (Wildman–Crippen MR) is 87.0 cm³/mol. The van der Waals surface area contributed by atoms with Gasteiger partial charge in [-0.15, -0.1) is 0 Å². The zero-order valence-corrected chi connectivity index (χ0v) is 13.3. The summed E-state index contributed by atoms with van der Waals surface area (Å²) in [6.45, 7) is 1.48. The summed E-state index contributed by atoms with van der Waals surface area (Å²) in [5, 5.41) is 21.1. The van der Waals surface area contributed by atoms with Gasteiger partial charge >= 0.3 is 0 Å². The average Bonchev–Trinajstić information content (AvgIpc) is 2.52. The fourth-order valence-electron chi connectivity index (χ4n) is 2.13. The van der Waals surface area contributed by atoms with E-state index in [4.69, 9.17) is 4.74 Å². The molecule has 2 N–H and O–H groups in total. The molecule has 1 heterocycles. The maximum absolute atomic E-state index is 10.9. The molecule has 1 aromatic carbocycles. The van der Waals surface area contributed by atoms with Crippen molar-refractivity contribution < 1.29 is 19.7 Å². The van der Waals surface area contributed by atoms with Crippen LogP contribution in [0, 0.1) is 0 Å². The number of methoxy groups -OCH3 is 1. The van der Waals surface area contributed by atoms with E-state index in [1.54, 1.807) is 31.4 Å². The minimum Gasteiger partial charge on any atom is -0.481 e. The van der Waals surface area contributed by atoms with Crippen LogP contribution >= 0.6 is 11.8 Å². The Bertz CT molecular complexity index is 662. The Balaban J connectivity index is 2.10. The number of nitrogens with zero attached hydrogens (tertiary/aromatic N) is 1. The van der Waals surface area contributed by atoms with Crippen molar-refractivity contribution in [3.8, 4) is 5.88 Å². The van der Waals surface area contributed by atoms with Crippen molar-refractivity contribution in [3.63, 3.8) is 0 Å². The van der Waals surface area contributed by atoms with Crippen LogP contribution in [0.4, 0.5) is 0 Å². The molecule has 0 saturated heterocycles. The Morgan fingerprint density at radius 3 is 2.77 bits per heavy atom. The lowest BCUT2D eigenvalue weighted by Crippen LogP contribution is -2.19. The number of rotatable bonds is 6. The number of hydrogen-bond acceptors (Lipinski definition) is 6. The van der Waals surface area contributed by atoms with E-state index in [1.807, 2.05) is 6.07 Å². The number of carbonyl (C=O) groups excluding carboxylic acids is 1. The minimum atomic E-state index is -0.987. The minimum absolute atomic E-state index is 0.00687. The van der Waals surface area contributed by atoms with Gasteiger partial charge in [-0.25, -0.2) is 4.98 Å². The molecule has 0 amide bonds. The van der Waals surface area contributed by atoms with E-state index in [1.165, 1.54) is 6.92 Å². The van der Waals surface area contributed by atoms with Crippen LogP contribution in [0.5, 0.6) is 5.88 Å². The van der Waals surface area contributed by atoms with Gasteiger partial charge in [0, 0.05) is 24.1 Å². The second kappa shape index (κ2) is 7.58. The number of aliphatic hydroxyl groups is 2. The van der Waals surface area contributed by atoms with Crippen LogP contribution in [0.15, 0.2) is 30.3 Å². The molecule has 1 aromatic heterocycles. The highest BCUT2D eigenvalue weighted by molar-refractivity contribution is 8.13. The molecule has 2 unspecified atom stereocenters. The van der Waals surface area contributed by atoms with Crippen LogP contribution in [0.25, 0.3) is 10.9 Å². The number of carbonyl (C=O) groups is 1. The van der Waals surface area contributed by atoms with Crippen molar-refractivity contribution in [1.29, 1.82) is 0 Å². The zero-order chi connectivity index (χ0) is 16.1. The molecule has 0 aliphatic carbocycles. The molecule has 0 saturated carbocycles. The standard InChI is InChI=1S/C16H19NO4S/c1-10(18)22-8-7-14(19)16(20)12-3-5-13-11(9-12)4-6-15(17-13)21-2/h3-6,9,14,16,19-20H,7-8H2,1-2H3. The molecule has 0 bridgehead atoms. The molecular weight excluding hydrogens is 302 g/mol. The summed E-state index contributed by atoms with van der Waals surface area (Å²) < 4.78 is 5.07. The molecule has 0 spiro atoms. The maximum atomic E-state index is 10.9.